The fraction of sp³-hybridized carbons (Fsp3) is 0.400. The van der Waals surface area contributed by atoms with Crippen LogP contribution in [0.3, 0.4) is 0 Å². The lowest BCUT2D eigenvalue weighted by molar-refractivity contribution is 0.346. The molecule has 0 spiro atoms. The zero-order valence-corrected chi connectivity index (χ0v) is 8.36. The molecule has 4 nitrogen and oxygen atoms in total. The summed E-state index contributed by atoms with van der Waals surface area (Å²) in [5.41, 5.74) is 0.915. The van der Waals surface area contributed by atoms with Gasteiger partial charge in [-0.1, -0.05) is 19.6 Å². The second-order valence-electron chi connectivity index (χ2n) is 2.73. The maximum absolute atomic E-state index is 5.20. The third-order valence-corrected chi connectivity index (χ3v) is 1.59. The lowest BCUT2D eigenvalue weighted by atomic mass is 10.4. The quantitative estimate of drug-likeness (QED) is 0.688. The summed E-state index contributed by atoms with van der Waals surface area (Å²) in [6, 6.07) is 0. The Labute approximate surface area is 84.0 Å². The Morgan fingerprint density at radius 1 is 1.50 bits per heavy atom. The van der Waals surface area contributed by atoms with Gasteiger partial charge in [0.05, 0.1) is 18.1 Å². The Morgan fingerprint density at radius 2 is 2.36 bits per heavy atom. The van der Waals surface area contributed by atoms with Gasteiger partial charge in [-0.3, -0.25) is 4.98 Å². The highest BCUT2D eigenvalue weighted by molar-refractivity contribution is 5.07. The third-order valence-electron chi connectivity index (χ3n) is 1.59. The molecule has 1 aromatic rings. The van der Waals surface area contributed by atoms with Gasteiger partial charge >= 0.3 is 0 Å². The molecule has 0 aliphatic heterocycles. The van der Waals surface area contributed by atoms with Crippen molar-refractivity contribution < 1.29 is 4.74 Å². The number of rotatable bonds is 6. The van der Waals surface area contributed by atoms with Gasteiger partial charge in [0, 0.05) is 6.54 Å². The van der Waals surface area contributed by atoms with Gasteiger partial charge in [0.1, 0.15) is 6.61 Å². The number of nitrogens with zero attached hydrogens (tertiary/aromatic N) is 2. The molecule has 1 N–H and O–H groups in total. The van der Waals surface area contributed by atoms with Crippen LogP contribution in [0.15, 0.2) is 25.0 Å². The van der Waals surface area contributed by atoms with E-state index in [1.807, 2.05) is 0 Å². The number of hydrogen-bond donors (Lipinski definition) is 1. The summed E-state index contributed by atoms with van der Waals surface area (Å²) < 4.78 is 5.20. The van der Waals surface area contributed by atoms with E-state index in [9.17, 15) is 0 Å². The molecule has 0 radical (unpaired) electrons. The van der Waals surface area contributed by atoms with Crippen LogP contribution in [0.2, 0.25) is 0 Å². The van der Waals surface area contributed by atoms with Crippen molar-refractivity contribution in [3.63, 3.8) is 0 Å². The second-order valence-corrected chi connectivity index (χ2v) is 2.73. The van der Waals surface area contributed by atoms with Gasteiger partial charge in [-0.25, -0.2) is 4.98 Å². The first-order chi connectivity index (χ1) is 6.86. The molecule has 0 fully saturated rings. The van der Waals surface area contributed by atoms with Gasteiger partial charge in [-0.2, -0.15) is 0 Å². The van der Waals surface area contributed by atoms with Gasteiger partial charge < -0.3 is 10.1 Å². The van der Waals surface area contributed by atoms with Crippen LogP contribution < -0.4 is 10.1 Å². The molecule has 0 aromatic carbocycles. The number of hydrogen-bond acceptors (Lipinski definition) is 4. The molecule has 0 bridgehead atoms. The second kappa shape index (κ2) is 6.10. The lowest BCUT2D eigenvalue weighted by Crippen LogP contribution is -2.13. The Morgan fingerprint density at radius 3 is 2.93 bits per heavy atom. The van der Waals surface area contributed by atoms with E-state index < -0.39 is 0 Å². The molecule has 0 unspecified atom stereocenters. The molecule has 1 rings (SSSR count). The number of aromatic nitrogens is 2. The topological polar surface area (TPSA) is 47.0 Å². The van der Waals surface area contributed by atoms with E-state index in [0.29, 0.717) is 12.5 Å². The SMILES string of the molecule is C=CCOc1cnc(CNCC)cn1. The van der Waals surface area contributed by atoms with Crippen LogP contribution in [-0.4, -0.2) is 23.1 Å². The maximum Gasteiger partial charge on any atom is 0.232 e. The highest BCUT2D eigenvalue weighted by Gasteiger charge is 1.96. The predicted molar refractivity (Wildman–Crippen MR) is 55.1 cm³/mol. The Hall–Kier alpha value is -1.42. The van der Waals surface area contributed by atoms with Crippen LogP contribution in [0.4, 0.5) is 0 Å². The summed E-state index contributed by atoms with van der Waals surface area (Å²) in [4.78, 5) is 8.28. The Kier molecular flexibility index (Phi) is 4.64. The molecule has 76 valence electrons. The van der Waals surface area contributed by atoms with Crippen LogP contribution in [0, 0.1) is 0 Å². The van der Waals surface area contributed by atoms with E-state index in [0.717, 1.165) is 18.8 Å². The van der Waals surface area contributed by atoms with Crippen LogP contribution in [0.25, 0.3) is 0 Å². The Bertz CT molecular complexity index is 271. The fourth-order valence-corrected chi connectivity index (χ4v) is 0.906. The average molecular weight is 193 g/mol. The van der Waals surface area contributed by atoms with E-state index in [1.165, 1.54) is 0 Å². The Balaban J connectivity index is 2.46. The van der Waals surface area contributed by atoms with Crippen LogP contribution >= 0.6 is 0 Å². The van der Waals surface area contributed by atoms with Crippen LogP contribution in [0.1, 0.15) is 12.6 Å². The normalized spacial score (nSPS) is 9.79. The minimum atomic E-state index is 0.460. The molecule has 4 heteroatoms. The van der Waals surface area contributed by atoms with Gasteiger partial charge in [-0.05, 0) is 6.54 Å². The fourth-order valence-electron chi connectivity index (χ4n) is 0.906. The monoisotopic (exact) mass is 193 g/mol. The smallest absolute Gasteiger partial charge is 0.232 e. The molecule has 0 atom stereocenters. The first kappa shape index (κ1) is 10.7. The lowest BCUT2D eigenvalue weighted by Gasteiger charge is -2.03. The van der Waals surface area contributed by atoms with Gasteiger partial charge in [0.15, 0.2) is 0 Å². The molecule has 1 heterocycles. The zero-order valence-electron chi connectivity index (χ0n) is 8.36. The largest absolute Gasteiger partial charge is 0.472 e. The zero-order chi connectivity index (χ0) is 10.2. The van der Waals surface area contributed by atoms with E-state index in [-0.39, 0.29) is 0 Å². The minimum Gasteiger partial charge on any atom is -0.472 e. The molecule has 0 saturated carbocycles. The maximum atomic E-state index is 5.20. The highest BCUT2D eigenvalue weighted by atomic mass is 16.5. The molecule has 0 aliphatic rings. The van der Waals surface area contributed by atoms with Crippen molar-refractivity contribution >= 4 is 0 Å². The van der Waals surface area contributed by atoms with Crippen molar-refractivity contribution in [2.45, 2.75) is 13.5 Å². The summed E-state index contributed by atoms with van der Waals surface area (Å²) in [6.07, 6.45) is 5.01. The molecule has 0 aliphatic carbocycles. The third kappa shape index (κ3) is 3.53. The predicted octanol–water partition coefficient (Wildman–Crippen LogP) is 1.15. The molecule has 14 heavy (non-hydrogen) atoms. The molecular weight excluding hydrogens is 178 g/mol. The van der Waals surface area contributed by atoms with Crippen molar-refractivity contribution in [3.05, 3.63) is 30.7 Å². The van der Waals surface area contributed by atoms with Crippen LogP contribution in [0.5, 0.6) is 5.88 Å². The highest BCUT2D eigenvalue weighted by Crippen LogP contribution is 2.03. The van der Waals surface area contributed by atoms with Crippen molar-refractivity contribution in [1.82, 2.24) is 15.3 Å². The van der Waals surface area contributed by atoms with Crippen molar-refractivity contribution in [2.24, 2.45) is 0 Å². The minimum absolute atomic E-state index is 0.460. The number of nitrogens with one attached hydrogen (secondary N) is 1. The first-order valence-electron chi connectivity index (χ1n) is 4.62. The summed E-state index contributed by atoms with van der Waals surface area (Å²) in [5.74, 6) is 0.533. The number of ether oxygens (including phenoxy) is 1. The molecule has 1 aromatic heterocycles. The van der Waals surface area contributed by atoms with Crippen LogP contribution in [-0.2, 0) is 6.54 Å². The average Bonchev–Trinajstić information content (AvgIpc) is 2.25. The molecule has 0 saturated heterocycles. The van der Waals surface area contributed by atoms with Crippen molar-refractivity contribution in [2.75, 3.05) is 13.2 Å². The molecular formula is C10H15N3O. The van der Waals surface area contributed by atoms with E-state index in [1.54, 1.807) is 18.5 Å². The van der Waals surface area contributed by atoms with Crippen molar-refractivity contribution in [1.29, 1.82) is 0 Å². The summed E-state index contributed by atoms with van der Waals surface area (Å²) in [7, 11) is 0. The van der Waals surface area contributed by atoms with E-state index in [4.69, 9.17) is 4.74 Å². The summed E-state index contributed by atoms with van der Waals surface area (Å²) in [6.45, 7) is 7.73. The van der Waals surface area contributed by atoms with E-state index in [2.05, 4.69) is 28.8 Å². The van der Waals surface area contributed by atoms with Gasteiger partial charge in [-0.15, -0.1) is 0 Å². The van der Waals surface area contributed by atoms with Gasteiger partial charge in [0.25, 0.3) is 0 Å². The summed E-state index contributed by atoms with van der Waals surface area (Å²) in [5, 5.41) is 3.17. The van der Waals surface area contributed by atoms with Gasteiger partial charge in [0.2, 0.25) is 5.88 Å². The van der Waals surface area contributed by atoms with Crippen molar-refractivity contribution in [3.8, 4) is 5.88 Å². The first-order valence-corrected chi connectivity index (χ1v) is 4.62. The van der Waals surface area contributed by atoms with E-state index >= 15 is 0 Å². The summed E-state index contributed by atoms with van der Waals surface area (Å²) >= 11 is 0. The standard InChI is InChI=1S/C10H15N3O/c1-3-5-14-10-8-12-9(7-13-10)6-11-4-2/h3,7-8,11H,1,4-6H2,2H3. The molecule has 0 amide bonds.